The van der Waals surface area contributed by atoms with Crippen LogP contribution in [0, 0.1) is 6.92 Å². The SMILES string of the molecule is Cc1ccc(-c2cc(C(F)(F)F)c3c(C4CC4)nn(C)c3n2)s1. The Labute approximate surface area is 134 Å². The largest absolute Gasteiger partial charge is 0.417 e. The number of hydrogen-bond acceptors (Lipinski definition) is 3. The second-order valence-electron chi connectivity index (χ2n) is 5.94. The Hall–Kier alpha value is -1.89. The molecule has 0 spiro atoms. The van der Waals surface area contributed by atoms with Crippen molar-refractivity contribution in [1.29, 1.82) is 0 Å². The number of aromatic nitrogens is 3. The summed E-state index contributed by atoms with van der Waals surface area (Å²) < 4.78 is 42.4. The summed E-state index contributed by atoms with van der Waals surface area (Å²) in [5, 5.41) is 4.49. The highest BCUT2D eigenvalue weighted by Gasteiger charge is 2.39. The van der Waals surface area contributed by atoms with Gasteiger partial charge in [-0.2, -0.15) is 18.3 Å². The Bertz CT molecular complexity index is 903. The van der Waals surface area contributed by atoms with Crippen molar-refractivity contribution in [3.63, 3.8) is 0 Å². The van der Waals surface area contributed by atoms with Crippen molar-refractivity contribution in [2.45, 2.75) is 31.9 Å². The molecule has 1 saturated carbocycles. The first kappa shape index (κ1) is 14.7. The molecule has 0 amide bonds. The molecule has 23 heavy (non-hydrogen) atoms. The fourth-order valence-corrected chi connectivity index (χ4v) is 3.67. The lowest BCUT2D eigenvalue weighted by Gasteiger charge is -2.11. The fourth-order valence-electron chi connectivity index (χ4n) is 2.84. The van der Waals surface area contributed by atoms with Gasteiger partial charge in [-0.3, -0.25) is 4.68 Å². The summed E-state index contributed by atoms with van der Waals surface area (Å²) in [7, 11) is 1.66. The smallest absolute Gasteiger partial charge is 0.250 e. The van der Waals surface area contributed by atoms with Gasteiger partial charge in [-0.1, -0.05) is 0 Å². The van der Waals surface area contributed by atoms with Crippen LogP contribution in [0.5, 0.6) is 0 Å². The Morgan fingerprint density at radius 3 is 2.57 bits per heavy atom. The molecule has 4 rings (SSSR count). The number of pyridine rings is 1. The summed E-state index contributed by atoms with van der Waals surface area (Å²) in [5.41, 5.74) is 0.575. The van der Waals surface area contributed by atoms with E-state index in [4.69, 9.17) is 0 Å². The summed E-state index contributed by atoms with van der Waals surface area (Å²) in [6.45, 7) is 1.92. The average Bonchev–Trinajstić information content (AvgIpc) is 3.15. The van der Waals surface area contributed by atoms with Crippen LogP contribution >= 0.6 is 11.3 Å². The molecule has 120 valence electrons. The highest BCUT2D eigenvalue weighted by atomic mass is 32.1. The first-order valence-corrected chi connectivity index (χ1v) is 8.18. The van der Waals surface area contributed by atoms with Gasteiger partial charge in [-0.05, 0) is 38.0 Å². The molecule has 0 aliphatic heterocycles. The lowest BCUT2D eigenvalue weighted by molar-refractivity contribution is -0.136. The number of alkyl halides is 3. The quantitative estimate of drug-likeness (QED) is 0.666. The van der Waals surface area contributed by atoms with Crippen molar-refractivity contribution in [2.24, 2.45) is 7.05 Å². The third-order valence-corrected chi connectivity index (χ3v) is 5.11. The highest BCUT2D eigenvalue weighted by Crippen LogP contribution is 2.46. The number of fused-ring (bicyclic) bond motifs is 1. The minimum atomic E-state index is -4.42. The number of halogens is 3. The van der Waals surface area contributed by atoms with Gasteiger partial charge in [0.05, 0.1) is 27.2 Å². The minimum Gasteiger partial charge on any atom is -0.250 e. The van der Waals surface area contributed by atoms with E-state index in [2.05, 4.69) is 10.1 Å². The summed E-state index contributed by atoms with van der Waals surface area (Å²) in [6.07, 6.45) is -2.63. The van der Waals surface area contributed by atoms with Crippen LogP contribution in [0.4, 0.5) is 13.2 Å². The lowest BCUT2D eigenvalue weighted by atomic mass is 10.1. The van der Waals surface area contributed by atoms with Crippen LogP contribution in [0.2, 0.25) is 0 Å². The highest BCUT2D eigenvalue weighted by molar-refractivity contribution is 7.15. The number of hydrogen-bond donors (Lipinski definition) is 0. The maximum atomic E-state index is 13.6. The van der Waals surface area contributed by atoms with E-state index in [9.17, 15) is 13.2 Å². The first-order chi connectivity index (χ1) is 10.8. The van der Waals surface area contributed by atoms with E-state index in [-0.39, 0.29) is 11.3 Å². The molecule has 0 radical (unpaired) electrons. The van der Waals surface area contributed by atoms with Crippen LogP contribution in [0.15, 0.2) is 18.2 Å². The Morgan fingerprint density at radius 1 is 1.26 bits per heavy atom. The van der Waals surface area contributed by atoms with E-state index < -0.39 is 11.7 Å². The van der Waals surface area contributed by atoms with Crippen LogP contribution in [0.3, 0.4) is 0 Å². The van der Waals surface area contributed by atoms with Crippen LogP contribution in [-0.4, -0.2) is 14.8 Å². The minimum absolute atomic E-state index is 0.136. The molecule has 1 aliphatic rings. The van der Waals surface area contributed by atoms with E-state index in [0.29, 0.717) is 17.0 Å². The molecule has 0 saturated heterocycles. The van der Waals surface area contributed by atoms with Gasteiger partial charge in [0.1, 0.15) is 0 Å². The Morgan fingerprint density at radius 2 is 2.00 bits per heavy atom. The molecule has 3 heterocycles. The second-order valence-corrected chi connectivity index (χ2v) is 7.23. The topological polar surface area (TPSA) is 30.7 Å². The van der Waals surface area contributed by atoms with Gasteiger partial charge in [0.25, 0.3) is 0 Å². The third kappa shape index (κ3) is 2.43. The van der Waals surface area contributed by atoms with Crippen molar-refractivity contribution in [1.82, 2.24) is 14.8 Å². The molecule has 0 aromatic carbocycles. The number of rotatable bonds is 2. The molecule has 3 aromatic rings. The monoisotopic (exact) mass is 337 g/mol. The van der Waals surface area contributed by atoms with E-state index in [1.165, 1.54) is 22.1 Å². The van der Waals surface area contributed by atoms with Crippen LogP contribution in [0.25, 0.3) is 21.6 Å². The van der Waals surface area contributed by atoms with E-state index >= 15 is 0 Å². The number of thiophene rings is 1. The van der Waals surface area contributed by atoms with Gasteiger partial charge in [0, 0.05) is 17.8 Å². The van der Waals surface area contributed by atoms with Crippen molar-refractivity contribution < 1.29 is 13.2 Å². The molecule has 0 bridgehead atoms. The van der Waals surface area contributed by atoms with Crippen molar-refractivity contribution in [3.8, 4) is 10.6 Å². The van der Waals surface area contributed by atoms with Crippen LogP contribution in [-0.2, 0) is 13.2 Å². The predicted octanol–water partition coefficient (Wildman–Crippen LogP) is 4.90. The number of nitrogens with zero attached hydrogens (tertiary/aromatic N) is 3. The molecule has 1 aliphatic carbocycles. The normalized spacial score (nSPS) is 15.5. The molecule has 0 N–H and O–H groups in total. The van der Waals surface area contributed by atoms with Gasteiger partial charge in [0.2, 0.25) is 0 Å². The van der Waals surface area contributed by atoms with Crippen molar-refractivity contribution in [2.75, 3.05) is 0 Å². The number of aryl methyl sites for hydroxylation is 2. The third-order valence-electron chi connectivity index (χ3n) is 4.08. The van der Waals surface area contributed by atoms with E-state index in [1.807, 2.05) is 19.1 Å². The average molecular weight is 337 g/mol. The summed E-state index contributed by atoms with van der Waals surface area (Å²) in [6, 6.07) is 4.87. The maximum absolute atomic E-state index is 13.6. The van der Waals surface area contributed by atoms with Crippen molar-refractivity contribution in [3.05, 3.63) is 34.3 Å². The molecular formula is C16H14F3N3S. The van der Waals surface area contributed by atoms with Gasteiger partial charge in [-0.25, -0.2) is 4.98 Å². The molecule has 3 nitrogen and oxygen atoms in total. The summed E-state index contributed by atoms with van der Waals surface area (Å²) >= 11 is 1.44. The van der Waals surface area contributed by atoms with E-state index in [1.54, 1.807) is 7.05 Å². The predicted molar refractivity (Wildman–Crippen MR) is 83.5 cm³/mol. The zero-order valence-electron chi connectivity index (χ0n) is 12.6. The lowest BCUT2D eigenvalue weighted by Crippen LogP contribution is -2.07. The summed E-state index contributed by atoms with van der Waals surface area (Å²) in [4.78, 5) is 6.25. The summed E-state index contributed by atoms with van der Waals surface area (Å²) in [5.74, 6) is 0.136. The van der Waals surface area contributed by atoms with Crippen molar-refractivity contribution >= 4 is 22.4 Å². The van der Waals surface area contributed by atoms with Gasteiger partial charge < -0.3 is 0 Å². The first-order valence-electron chi connectivity index (χ1n) is 7.36. The molecule has 0 unspecified atom stereocenters. The fraction of sp³-hybridized carbons (Fsp3) is 0.375. The molecular weight excluding hydrogens is 323 g/mol. The molecule has 0 atom stereocenters. The molecule has 1 fully saturated rings. The second kappa shape index (κ2) is 4.80. The zero-order valence-corrected chi connectivity index (χ0v) is 13.4. The Kier molecular flexibility index (Phi) is 3.07. The van der Waals surface area contributed by atoms with Crippen LogP contribution < -0.4 is 0 Å². The van der Waals surface area contributed by atoms with Gasteiger partial charge in [0.15, 0.2) is 5.65 Å². The van der Waals surface area contributed by atoms with E-state index in [0.717, 1.165) is 22.6 Å². The molecule has 7 heteroatoms. The van der Waals surface area contributed by atoms with Gasteiger partial charge >= 0.3 is 6.18 Å². The van der Waals surface area contributed by atoms with Gasteiger partial charge in [-0.15, -0.1) is 11.3 Å². The Balaban J connectivity index is 2.03. The van der Waals surface area contributed by atoms with Crippen LogP contribution in [0.1, 0.15) is 34.9 Å². The standard InChI is InChI=1S/C16H14F3N3S/c1-8-3-6-12(23-8)11-7-10(16(17,18)19)13-14(9-4-5-9)21-22(2)15(13)20-11/h3,6-7,9H,4-5H2,1-2H3. The molecule has 3 aromatic heterocycles. The zero-order chi connectivity index (χ0) is 16.4. The maximum Gasteiger partial charge on any atom is 0.417 e.